The van der Waals surface area contributed by atoms with E-state index in [2.05, 4.69) is 104 Å². The molecule has 0 bridgehead atoms. The van der Waals surface area contributed by atoms with Crippen molar-refractivity contribution in [2.75, 3.05) is 43.9 Å². The van der Waals surface area contributed by atoms with Crippen molar-refractivity contribution in [1.29, 1.82) is 0 Å². The molecule has 3 heterocycles. The van der Waals surface area contributed by atoms with Crippen molar-refractivity contribution in [2.24, 2.45) is 0 Å². The standard InChI is InChI=1S/C35H42N8O/c1-25-7-9-30(27(3)39-32-12-11-31(26(2)17-32)22-42-15-13-41(6)14-16-42)18-29(25)10-8-28-19-36-34(37-20-28)40-33-21-38-43(23-33)24-35(4,5)44/h7,9,11-12,17-21,23,39,44H,3,13-16,22,24H2,1-2,4-6H3,(H,36,37,40). The van der Waals surface area contributed by atoms with Crippen molar-refractivity contribution in [3.8, 4) is 11.8 Å². The molecule has 0 atom stereocenters. The lowest BCUT2D eigenvalue weighted by atomic mass is 10.0. The maximum atomic E-state index is 9.99. The number of likely N-dealkylation sites (N-methyl/N-ethyl adjacent to an activating group) is 1. The van der Waals surface area contributed by atoms with Crippen LogP contribution in [0.5, 0.6) is 0 Å². The fourth-order valence-electron chi connectivity index (χ4n) is 5.03. The summed E-state index contributed by atoms with van der Waals surface area (Å²) in [4.78, 5) is 13.7. The van der Waals surface area contributed by atoms with E-state index in [1.807, 2.05) is 6.92 Å². The van der Waals surface area contributed by atoms with E-state index in [-0.39, 0.29) is 0 Å². The van der Waals surface area contributed by atoms with Crippen molar-refractivity contribution < 1.29 is 5.11 Å². The molecule has 228 valence electrons. The van der Waals surface area contributed by atoms with Crippen LogP contribution in [0.3, 0.4) is 0 Å². The molecule has 2 aromatic carbocycles. The van der Waals surface area contributed by atoms with Crippen LogP contribution in [0.4, 0.5) is 17.3 Å². The van der Waals surface area contributed by atoms with Gasteiger partial charge in [0.05, 0.1) is 29.6 Å². The molecule has 4 aromatic rings. The minimum absolute atomic E-state index is 0.387. The Balaban J connectivity index is 1.20. The topological polar surface area (TPSA) is 94.4 Å². The molecule has 9 nitrogen and oxygen atoms in total. The maximum absolute atomic E-state index is 9.99. The van der Waals surface area contributed by atoms with E-state index in [1.165, 1.54) is 11.1 Å². The van der Waals surface area contributed by atoms with Crippen molar-refractivity contribution in [3.63, 3.8) is 0 Å². The number of rotatable bonds is 9. The lowest BCUT2D eigenvalue weighted by Crippen LogP contribution is -2.43. The largest absolute Gasteiger partial charge is 0.389 e. The first-order valence-electron chi connectivity index (χ1n) is 14.9. The number of hydrogen-bond donors (Lipinski definition) is 3. The highest BCUT2D eigenvalue weighted by atomic mass is 16.3. The first-order valence-corrected chi connectivity index (χ1v) is 14.9. The fourth-order valence-corrected chi connectivity index (χ4v) is 5.03. The number of anilines is 3. The SMILES string of the molecule is C=C(Nc1ccc(CN2CCN(C)CC2)c(C)c1)c1ccc(C)c(C#Cc2cnc(Nc3cnn(CC(C)(C)O)c3)nc2)c1. The summed E-state index contributed by atoms with van der Waals surface area (Å²) in [5, 5.41) is 20.9. The lowest BCUT2D eigenvalue weighted by Gasteiger charge is -2.32. The zero-order valence-electron chi connectivity index (χ0n) is 26.4. The number of hydrogen-bond acceptors (Lipinski definition) is 8. The third-order valence-corrected chi connectivity index (χ3v) is 7.65. The van der Waals surface area contributed by atoms with Crippen LogP contribution in [-0.4, -0.2) is 73.5 Å². The van der Waals surface area contributed by atoms with E-state index in [0.717, 1.165) is 66.5 Å². The summed E-state index contributed by atoms with van der Waals surface area (Å²) in [6.45, 7) is 17.9. The Labute approximate surface area is 260 Å². The third-order valence-electron chi connectivity index (χ3n) is 7.65. The molecule has 0 saturated carbocycles. The third kappa shape index (κ3) is 8.54. The molecule has 0 radical (unpaired) electrons. The monoisotopic (exact) mass is 590 g/mol. The van der Waals surface area contributed by atoms with Crippen LogP contribution in [0, 0.1) is 25.7 Å². The Kier molecular flexibility index (Phi) is 9.45. The maximum Gasteiger partial charge on any atom is 0.227 e. The van der Waals surface area contributed by atoms with Gasteiger partial charge in [-0.25, -0.2) is 9.97 Å². The van der Waals surface area contributed by atoms with Crippen LogP contribution >= 0.6 is 0 Å². The number of aryl methyl sites for hydroxylation is 2. The second-order valence-corrected chi connectivity index (χ2v) is 12.3. The van der Waals surface area contributed by atoms with Gasteiger partial charge in [0.2, 0.25) is 5.95 Å². The molecule has 1 saturated heterocycles. The molecule has 2 aromatic heterocycles. The Hall–Kier alpha value is -4.49. The number of aromatic nitrogens is 4. The highest BCUT2D eigenvalue weighted by molar-refractivity contribution is 5.76. The summed E-state index contributed by atoms with van der Waals surface area (Å²) in [6, 6.07) is 12.8. The van der Waals surface area contributed by atoms with E-state index < -0.39 is 5.60 Å². The van der Waals surface area contributed by atoms with Gasteiger partial charge in [0.25, 0.3) is 0 Å². The van der Waals surface area contributed by atoms with Crippen LogP contribution < -0.4 is 10.6 Å². The van der Waals surface area contributed by atoms with Crippen LogP contribution in [-0.2, 0) is 13.1 Å². The predicted octanol–water partition coefficient (Wildman–Crippen LogP) is 5.03. The molecular weight excluding hydrogens is 548 g/mol. The van der Waals surface area contributed by atoms with E-state index in [1.54, 1.807) is 43.3 Å². The highest BCUT2D eigenvalue weighted by Crippen LogP contribution is 2.23. The number of piperazine rings is 1. The molecule has 5 rings (SSSR count). The highest BCUT2D eigenvalue weighted by Gasteiger charge is 2.16. The molecule has 0 spiro atoms. The number of benzene rings is 2. The number of aliphatic hydroxyl groups is 1. The van der Waals surface area contributed by atoms with Crippen molar-refractivity contribution >= 4 is 23.0 Å². The summed E-state index contributed by atoms with van der Waals surface area (Å²) in [6.07, 6.45) is 6.87. The van der Waals surface area contributed by atoms with E-state index in [0.29, 0.717) is 18.1 Å². The molecule has 1 aliphatic rings. The Morgan fingerprint density at radius 2 is 1.70 bits per heavy atom. The van der Waals surface area contributed by atoms with Gasteiger partial charge in [-0.1, -0.05) is 36.6 Å². The molecule has 44 heavy (non-hydrogen) atoms. The first-order chi connectivity index (χ1) is 21.0. The van der Waals surface area contributed by atoms with E-state index in [9.17, 15) is 5.11 Å². The second kappa shape index (κ2) is 13.4. The average molecular weight is 591 g/mol. The van der Waals surface area contributed by atoms with Crippen LogP contribution in [0.15, 0.2) is 67.8 Å². The lowest BCUT2D eigenvalue weighted by molar-refractivity contribution is 0.0578. The Morgan fingerprint density at radius 1 is 0.955 bits per heavy atom. The second-order valence-electron chi connectivity index (χ2n) is 12.3. The van der Waals surface area contributed by atoms with Crippen molar-refractivity contribution in [2.45, 2.75) is 46.4 Å². The molecule has 0 amide bonds. The van der Waals surface area contributed by atoms with Crippen molar-refractivity contribution in [3.05, 3.63) is 101 Å². The summed E-state index contributed by atoms with van der Waals surface area (Å²) >= 11 is 0. The molecule has 0 unspecified atom stereocenters. The molecule has 9 heteroatoms. The minimum Gasteiger partial charge on any atom is -0.389 e. The van der Waals surface area contributed by atoms with Crippen LogP contribution in [0.25, 0.3) is 5.70 Å². The minimum atomic E-state index is -0.849. The van der Waals surface area contributed by atoms with Gasteiger partial charge < -0.3 is 20.6 Å². The fraction of sp³-hybridized carbons (Fsp3) is 0.343. The summed E-state index contributed by atoms with van der Waals surface area (Å²) in [7, 11) is 2.19. The summed E-state index contributed by atoms with van der Waals surface area (Å²) in [5.74, 6) is 6.91. The molecular formula is C35H42N8O. The average Bonchev–Trinajstić information content (AvgIpc) is 3.40. The number of nitrogens with zero attached hydrogens (tertiary/aromatic N) is 6. The van der Waals surface area contributed by atoms with Crippen LogP contribution in [0.2, 0.25) is 0 Å². The molecule has 0 aliphatic carbocycles. The zero-order chi connectivity index (χ0) is 31.3. The molecule has 1 fully saturated rings. The van der Waals surface area contributed by atoms with Crippen LogP contribution in [0.1, 0.15) is 47.2 Å². The summed E-state index contributed by atoms with van der Waals surface area (Å²) < 4.78 is 1.68. The van der Waals surface area contributed by atoms with Gasteiger partial charge >= 0.3 is 0 Å². The quantitative estimate of drug-likeness (QED) is 0.234. The van der Waals surface area contributed by atoms with Gasteiger partial charge in [0.15, 0.2) is 0 Å². The Bertz CT molecular complexity index is 1670. The van der Waals surface area contributed by atoms with Gasteiger partial charge in [0, 0.05) is 68.3 Å². The predicted molar refractivity (Wildman–Crippen MR) is 178 cm³/mol. The van der Waals surface area contributed by atoms with E-state index in [4.69, 9.17) is 0 Å². The zero-order valence-corrected chi connectivity index (χ0v) is 26.4. The molecule has 1 aliphatic heterocycles. The van der Waals surface area contributed by atoms with E-state index >= 15 is 0 Å². The van der Waals surface area contributed by atoms with Crippen molar-refractivity contribution in [1.82, 2.24) is 29.5 Å². The Morgan fingerprint density at radius 3 is 2.41 bits per heavy atom. The number of nitrogens with one attached hydrogen (secondary N) is 2. The van der Waals surface area contributed by atoms with Gasteiger partial charge in [-0.15, -0.1) is 0 Å². The smallest absolute Gasteiger partial charge is 0.227 e. The van der Waals surface area contributed by atoms with Gasteiger partial charge in [-0.2, -0.15) is 5.10 Å². The summed E-state index contributed by atoms with van der Waals surface area (Å²) in [5.41, 5.74) is 8.09. The van der Waals surface area contributed by atoms with Gasteiger partial charge in [-0.05, 0) is 75.2 Å². The van der Waals surface area contributed by atoms with Gasteiger partial charge in [-0.3, -0.25) is 9.58 Å². The van der Waals surface area contributed by atoms with Gasteiger partial charge in [0.1, 0.15) is 0 Å². The molecule has 3 N–H and O–H groups in total. The normalized spacial score (nSPS) is 14.1. The first kappa shape index (κ1) is 31.0.